The minimum Gasteiger partial charge on any atom is -0.493 e. The smallest absolute Gasteiger partial charge is 0.119 e. The molecule has 0 saturated heterocycles. The lowest BCUT2D eigenvalue weighted by atomic mass is 9.78. The summed E-state index contributed by atoms with van der Waals surface area (Å²) in [7, 11) is 0. The fraction of sp³-hybridized carbons (Fsp3) is 0.538. The molecule has 0 heterocycles. The van der Waals surface area contributed by atoms with Crippen LogP contribution in [0, 0.1) is 23.7 Å². The van der Waals surface area contributed by atoms with Gasteiger partial charge in [0, 0.05) is 95.3 Å². The van der Waals surface area contributed by atoms with Crippen molar-refractivity contribution < 1.29 is 77.3 Å². The van der Waals surface area contributed by atoms with Crippen molar-refractivity contribution in [3.05, 3.63) is 239 Å². The van der Waals surface area contributed by atoms with Crippen LogP contribution in [0.4, 0.5) is 0 Å². The fourth-order valence-corrected chi connectivity index (χ4v) is 12.7. The van der Waals surface area contributed by atoms with Crippen molar-refractivity contribution in [1.82, 2.24) is 0 Å². The van der Waals surface area contributed by atoms with E-state index in [1.54, 1.807) is 0 Å². The first-order valence-electron chi connectivity index (χ1n) is 44.6. The van der Waals surface area contributed by atoms with Crippen LogP contribution >= 0.6 is 46.4 Å². The van der Waals surface area contributed by atoms with Gasteiger partial charge in [0.05, 0.1) is 52.9 Å². The molecule has 0 aliphatic heterocycles. The van der Waals surface area contributed by atoms with Gasteiger partial charge in [-0.25, -0.2) is 0 Å². The highest BCUT2D eigenvalue weighted by Crippen LogP contribution is 2.38. The van der Waals surface area contributed by atoms with E-state index < -0.39 is 24.4 Å². The van der Waals surface area contributed by atoms with Gasteiger partial charge < -0.3 is 77.3 Å². The van der Waals surface area contributed by atoms with Crippen LogP contribution in [0.5, 0.6) is 46.0 Å². The second kappa shape index (κ2) is 59.2. The van der Waals surface area contributed by atoms with E-state index in [4.69, 9.17) is 103 Å². The Morgan fingerprint density at radius 1 is 0.218 bits per heavy atom. The zero-order valence-electron chi connectivity index (χ0n) is 77.1. The van der Waals surface area contributed by atoms with Gasteiger partial charge in [-0.15, -0.1) is 46.4 Å². The van der Waals surface area contributed by atoms with Gasteiger partial charge in [0.15, 0.2) is 0 Å². The molecule has 688 valence electrons. The summed E-state index contributed by atoms with van der Waals surface area (Å²) in [4.78, 5) is 0. The van der Waals surface area contributed by atoms with Crippen molar-refractivity contribution in [2.45, 2.75) is 208 Å². The maximum atomic E-state index is 9.98. The van der Waals surface area contributed by atoms with E-state index in [1.807, 2.05) is 97.1 Å². The molecular weight excluding hydrogens is 1650 g/mol. The van der Waals surface area contributed by atoms with Gasteiger partial charge in [0.1, 0.15) is 96.8 Å². The van der Waals surface area contributed by atoms with Gasteiger partial charge in [-0.2, -0.15) is 0 Å². The number of halogens is 4. The number of alkyl halides is 4. The van der Waals surface area contributed by atoms with Crippen LogP contribution in [0.1, 0.15) is 207 Å². The van der Waals surface area contributed by atoms with Gasteiger partial charge in [-0.05, 0) is 167 Å². The summed E-state index contributed by atoms with van der Waals surface area (Å²) in [5.41, 5.74) is 8.94. The summed E-state index contributed by atoms with van der Waals surface area (Å²) >= 11 is 23.4. The minimum atomic E-state index is -0.624. The first-order chi connectivity index (χ1) is 59.4. The monoisotopic (exact) mass is 1790 g/mol. The van der Waals surface area contributed by atoms with Crippen LogP contribution in [0.25, 0.3) is 0 Å². The summed E-state index contributed by atoms with van der Waals surface area (Å²) in [5, 5.41) is 39.9. The Bertz CT molecular complexity index is 3500. The molecule has 8 rings (SSSR count). The maximum Gasteiger partial charge on any atom is 0.119 e. The largest absolute Gasteiger partial charge is 0.493 e. The maximum absolute atomic E-state index is 9.98. The number of aliphatic hydroxyl groups excluding tert-OH is 4. The van der Waals surface area contributed by atoms with E-state index in [0.29, 0.717) is 126 Å². The number of hydrogen-bond donors (Lipinski definition) is 4. The first kappa shape index (κ1) is 108. The van der Waals surface area contributed by atoms with Gasteiger partial charge >= 0.3 is 0 Å². The third kappa shape index (κ3) is 40.1. The molecule has 4 N–H and O–H groups in total. The lowest BCUT2D eigenvalue weighted by Gasteiger charge is -2.26. The molecule has 0 amide bonds. The molecule has 0 aliphatic carbocycles. The summed E-state index contributed by atoms with van der Waals surface area (Å²) in [5.74, 6) is 10.1. The summed E-state index contributed by atoms with van der Waals surface area (Å²) in [6, 6.07) is 65.2. The highest BCUT2D eigenvalue weighted by molar-refractivity contribution is 6.18. The zero-order valence-corrected chi connectivity index (χ0v) is 80.1. The van der Waals surface area contributed by atoms with Gasteiger partial charge in [0.2, 0.25) is 0 Å². The molecule has 0 unspecified atom stereocenters. The molecule has 8 aromatic carbocycles. The number of aliphatic hydroxyl groups is 4. The highest BCUT2D eigenvalue weighted by Gasteiger charge is 2.28. The van der Waals surface area contributed by atoms with Crippen LogP contribution in [-0.4, -0.2) is 174 Å². The molecular formula is C104H148Cl4O16. The lowest BCUT2D eigenvalue weighted by Crippen LogP contribution is -2.23. The normalized spacial score (nSPS) is 13.6. The van der Waals surface area contributed by atoms with Crippen LogP contribution in [0.2, 0.25) is 0 Å². The average molecular weight is 1800 g/mol. The summed E-state index contributed by atoms with van der Waals surface area (Å²) in [6.07, 6.45) is 5.87. The molecule has 8 aromatic rings. The summed E-state index contributed by atoms with van der Waals surface area (Å²) in [6.45, 7) is 41.6. The van der Waals surface area contributed by atoms with E-state index in [9.17, 15) is 20.4 Å². The predicted molar refractivity (Wildman–Crippen MR) is 510 cm³/mol. The van der Waals surface area contributed by atoms with Crippen molar-refractivity contribution in [3.8, 4) is 46.0 Å². The molecule has 20 heteroatoms. The number of unbranched alkanes of at least 4 members (excludes halogenated alkanes) is 4. The SMILES string of the molecule is CCCCOC[C@@H](O)COc1ccc(C(C)(C)c2ccc(OC[C@@H](C)CCl)cc2)cc1.CCCCOC[C@@H](O)COc1ccc(C(C)(C)c2ccc(OC[C@H](C)CCl)cc2)cc1.CCCCOC[C@H](O)COc1ccc(C(C)(C)c2ccc(OC[C@@H](C)CCl)cc2)cc1.CCCCOC[C@H](O)COc1ccc(C(C)(C)c2ccc(OC[C@H](C)CCl)cc2)cc1. The van der Waals surface area contributed by atoms with E-state index >= 15 is 0 Å². The molecule has 0 fully saturated rings. The highest BCUT2D eigenvalue weighted by atomic mass is 35.5. The second-order valence-electron chi connectivity index (χ2n) is 34.6. The van der Waals surface area contributed by atoms with E-state index in [2.05, 4.69) is 208 Å². The molecule has 0 radical (unpaired) electrons. The van der Waals surface area contributed by atoms with E-state index in [1.165, 1.54) is 44.5 Å². The van der Waals surface area contributed by atoms with Gasteiger partial charge in [-0.1, -0.05) is 234 Å². The van der Waals surface area contributed by atoms with Crippen molar-refractivity contribution in [3.63, 3.8) is 0 Å². The predicted octanol–water partition coefficient (Wildman–Crippen LogP) is 23.3. The lowest BCUT2D eigenvalue weighted by molar-refractivity contribution is 0.0113. The Kier molecular flexibility index (Phi) is 51.3. The number of rotatable bonds is 56. The molecule has 0 aromatic heterocycles. The average Bonchev–Trinajstić information content (AvgIpc) is 0.819. The number of hydrogen-bond acceptors (Lipinski definition) is 16. The quantitative estimate of drug-likeness (QED) is 0.0208. The van der Waals surface area contributed by atoms with Gasteiger partial charge in [0.25, 0.3) is 0 Å². The van der Waals surface area contributed by atoms with Crippen LogP contribution < -0.4 is 37.9 Å². The standard InChI is InChI=1S/4C26H37ClO4/c4*1-5-6-15-29-18-23(28)19-31-25-13-9-22(10-14-25)26(3,4)21-7-11-24(12-8-21)30-17-20(2)16-27/h4*7-14,20,23,28H,5-6,15-19H2,1-4H3/t2*20-,23+;2*20-,23-/m1010/s1. The molecule has 0 saturated carbocycles. The molecule has 0 aliphatic rings. The van der Waals surface area contributed by atoms with Crippen molar-refractivity contribution in [1.29, 1.82) is 0 Å². The van der Waals surface area contributed by atoms with Crippen LogP contribution in [-0.2, 0) is 40.6 Å². The first-order valence-corrected chi connectivity index (χ1v) is 46.7. The third-order valence-electron chi connectivity index (χ3n) is 21.4. The van der Waals surface area contributed by atoms with Gasteiger partial charge in [-0.3, -0.25) is 0 Å². The molecule has 8 atom stereocenters. The number of benzene rings is 8. The fourth-order valence-electron chi connectivity index (χ4n) is 12.4. The van der Waals surface area contributed by atoms with E-state index in [0.717, 1.165) is 97.4 Å². The second-order valence-corrected chi connectivity index (χ2v) is 35.8. The Hall–Kier alpha value is -7.00. The summed E-state index contributed by atoms with van der Waals surface area (Å²) < 4.78 is 67.8. The van der Waals surface area contributed by atoms with Crippen molar-refractivity contribution in [2.75, 3.05) is 129 Å². The van der Waals surface area contributed by atoms with Crippen molar-refractivity contribution in [2.24, 2.45) is 23.7 Å². The van der Waals surface area contributed by atoms with Crippen LogP contribution in [0.15, 0.2) is 194 Å². The number of ether oxygens (including phenoxy) is 12. The Balaban J connectivity index is 0.000000294. The molecule has 16 nitrogen and oxygen atoms in total. The zero-order chi connectivity index (χ0) is 90.8. The van der Waals surface area contributed by atoms with Crippen LogP contribution in [0.3, 0.4) is 0 Å². The Labute approximate surface area is 764 Å². The van der Waals surface area contributed by atoms with E-state index in [-0.39, 0.29) is 48.1 Å². The molecule has 0 bridgehead atoms. The topological polar surface area (TPSA) is 192 Å². The molecule has 124 heavy (non-hydrogen) atoms. The molecule has 0 spiro atoms. The van der Waals surface area contributed by atoms with Crippen molar-refractivity contribution >= 4 is 46.4 Å². The Morgan fingerprint density at radius 2 is 0.347 bits per heavy atom. The Morgan fingerprint density at radius 3 is 0.468 bits per heavy atom. The minimum absolute atomic E-state index is 0.160. The third-order valence-corrected chi connectivity index (χ3v) is 23.5.